The molecule has 4 rings (SSSR count). The predicted octanol–water partition coefficient (Wildman–Crippen LogP) is 2.77. The van der Waals surface area contributed by atoms with E-state index in [-0.39, 0.29) is 11.9 Å². The van der Waals surface area contributed by atoms with Crippen LogP contribution in [-0.2, 0) is 7.05 Å². The van der Waals surface area contributed by atoms with E-state index >= 15 is 0 Å². The van der Waals surface area contributed by atoms with Crippen LogP contribution in [-0.4, -0.2) is 35.1 Å². The fraction of sp³-hybridized carbons (Fsp3) is 0.389. The van der Waals surface area contributed by atoms with Crippen molar-refractivity contribution in [2.75, 3.05) is 19.8 Å². The maximum atomic E-state index is 12.9. The molecular formula is C18H20N2O3. The van der Waals surface area contributed by atoms with E-state index in [9.17, 15) is 4.79 Å². The number of fused-ring (bicyclic) bond motifs is 1. The first kappa shape index (κ1) is 14.2. The van der Waals surface area contributed by atoms with Gasteiger partial charge in [-0.1, -0.05) is 6.07 Å². The van der Waals surface area contributed by atoms with Crippen molar-refractivity contribution in [3.8, 4) is 11.5 Å². The summed E-state index contributed by atoms with van der Waals surface area (Å²) in [6.07, 6.45) is 3.91. The molecule has 1 aromatic carbocycles. The Labute approximate surface area is 135 Å². The van der Waals surface area contributed by atoms with Crippen molar-refractivity contribution in [1.82, 2.24) is 9.47 Å². The van der Waals surface area contributed by atoms with Crippen molar-refractivity contribution in [2.45, 2.75) is 18.9 Å². The van der Waals surface area contributed by atoms with E-state index in [1.165, 1.54) is 0 Å². The van der Waals surface area contributed by atoms with E-state index in [0.717, 1.165) is 42.1 Å². The Morgan fingerprint density at radius 2 is 2.00 bits per heavy atom. The molecule has 0 spiro atoms. The molecule has 1 fully saturated rings. The fourth-order valence-electron chi connectivity index (χ4n) is 3.45. The van der Waals surface area contributed by atoms with Gasteiger partial charge in [0.2, 0.25) is 0 Å². The molecule has 1 amide bonds. The highest BCUT2D eigenvalue weighted by Gasteiger charge is 2.32. The van der Waals surface area contributed by atoms with E-state index in [0.29, 0.717) is 13.2 Å². The number of rotatable bonds is 2. The number of hydrogen-bond donors (Lipinski definition) is 0. The minimum absolute atomic E-state index is 0.0925. The van der Waals surface area contributed by atoms with Gasteiger partial charge in [-0.3, -0.25) is 4.79 Å². The summed E-state index contributed by atoms with van der Waals surface area (Å²) in [7, 11) is 1.91. The molecule has 2 aromatic rings. The summed E-state index contributed by atoms with van der Waals surface area (Å²) in [5, 5.41) is 0. The van der Waals surface area contributed by atoms with Gasteiger partial charge in [0.05, 0.1) is 6.04 Å². The Morgan fingerprint density at radius 1 is 1.17 bits per heavy atom. The largest absolute Gasteiger partial charge is 0.486 e. The Balaban J connectivity index is 1.63. The van der Waals surface area contributed by atoms with E-state index < -0.39 is 0 Å². The third-order valence-electron chi connectivity index (χ3n) is 4.63. The van der Waals surface area contributed by atoms with Gasteiger partial charge in [-0.05, 0) is 42.7 Å². The third kappa shape index (κ3) is 2.46. The van der Waals surface area contributed by atoms with Gasteiger partial charge < -0.3 is 18.9 Å². The minimum Gasteiger partial charge on any atom is -0.486 e. The molecule has 3 heterocycles. The lowest BCUT2D eigenvalue weighted by Crippen LogP contribution is -2.31. The van der Waals surface area contributed by atoms with Crippen molar-refractivity contribution in [2.24, 2.45) is 7.05 Å². The van der Waals surface area contributed by atoms with Crippen LogP contribution in [0.4, 0.5) is 0 Å². The topological polar surface area (TPSA) is 43.7 Å². The quantitative estimate of drug-likeness (QED) is 0.856. The number of benzene rings is 1. The Bertz CT molecular complexity index is 738. The molecule has 0 N–H and O–H groups in total. The zero-order valence-corrected chi connectivity index (χ0v) is 13.2. The molecule has 5 nitrogen and oxygen atoms in total. The average molecular weight is 312 g/mol. The first-order valence-electron chi connectivity index (χ1n) is 8.06. The van der Waals surface area contributed by atoms with E-state index in [1.807, 2.05) is 47.0 Å². The van der Waals surface area contributed by atoms with Gasteiger partial charge in [0.1, 0.15) is 18.9 Å². The standard InChI is InChI=1S/C18H20N2O3/c1-19-8-2-5-15(19)18(21)20-9-3-4-14(20)13-6-7-16-17(12-13)23-11-10-22-16/h2,5-8,12,14H,3-4,9-11H2,1H3. The van der Waals surface area contributed by atoms with Crippen molar-refractivity contribution >= 4 is 5.91 Å². The Hall–Kier alpha value is -2.43. The molecule has 1 saturated heterocycles. The number of hydrogen-bond acceptors (Lipinski definition) is 3. The van der Waals surface area contributed by atoms with Crippen molar-refractivity contribution in [3.63, 3.8) is 0 Å². The van der Waals surface area contributed by atoms with Crippen molar-refractivity contribution in [1.29, 1.82) is 0 Å². The van der Waals surface area contributed by atoms with Gasteiger partial charge in [0.25, 0.3) is 5.91 Å². The van der Waals surface area contributed by atoms with Crippen LogP contribution in [0.3, 0.4) is 0 Å². The molecule has 0 saturated carbocycles. The number of ether oxygens (including phenoxy) is 2. The monoisotopic (exact) mass is 312 g/mol. The van der Waals surface area contributed by atoms with Gasteiger partial charge in [-0.15, -0.1) is 0 Å². The van der Waals surface area contributed by atoms with Gasteiger partial charge in [-0.25, -0.2) is 0 Å². The summed E-state index contributed by atoms with van der Waals surface area (Å²) in [5.41, 5.74) is 1.85. The Morgan fingerprint density at radius 3 is 2.78 bits per heavy atom. The first-order chi connectivity index (χ1) is 11.2. The van der Waals surface area contributed by atoms with Gasteiger partial charge >= 0.3 is 0 Å². The number of aryl methyl sites for hydroxylation is 1. The molecular weight excluding hydrogens is 292 g/mol. The summed E-state index contributed by atoms with van der Waals surface area (Å²) in [5.74, 6) is 1.67. The molecule has 120 valence electrons. The number of carbonyl (C=O) groups excluding carboxylic acids is 1. The van der Waals surface area contributed by atoms with E-state index in [1.54, 1.807) is 0 Å². The number of nitrogens with zero attached hydrogens (tertiary/aromatic N) is 2. The summed E-state index contributed by atoms with van der Waals surface area (Å²) in [6, 6.07) is 9.91. The molecule has 23 heavy (non-hydrogen) atoms. The number of likely N-dealkylation sites (tertiary alicyclic amines) is 1. The number of carbonyl (C=O) groups is 1. The zero-order chi connectivity index (χ0) is 15.8. The summed E-state index contributed by atoms with van der Waals surface area (Å²) >= 11 is 0. The van der Waals surface area contributed by atoms with Crippen LogP contribution < -0.4 is 9.47 Å². The molecule has 1 unspecified atom stereocenters. The maximum Gasteiger partial charge on any atom is 0.270 e. The average Bonchev–Trinajstić information content (AvgIpc) is 3.22. The summed E-state index contributed by atoms with van der Waals surface area (Å²) in [6.45, 7) is 1.96. The van der Waals surface area contributed by atoms with Crippen LogP contribution >= 0.6 is 0 Å². The lowest BCUT2D eigenvalue weighted by Gasteiger charge is -2.27. The number of amides is 1. The lowest BCUT2D eigenvalue weighted by atomic mass is 10.0. The first-order valence-corrected chi connectivity index (χ1v) is 8.06. The normalized spacial score (nSPS) is 19.9. The summed E-state index contributed by atoms with van der Waals surface area (Å²) < 4.78 is 13.1. The van der Waals surface area contributed by atoms with Crippen LogP contribution in [0.25, 0.3) is 0 Å². The van der Waals surface area contributed by atoms with Crippen LogP contribution in [0, 0.1) is 0 Å². The second-order valence-corrected chi connectivity index (χ2v) is 6.06. The number of aromatic nitrogens is 1. The van der Waals surface area contributed by atoms with E-state index in [4.69, 9.17) is 9.47 Å². The zero-order valence-electron chi connectivity index (χ0n) is 13.2. The molecule has 2 aliphatic heterocycles. The highest BCUT2D eigenvalue weighted by Crippen LogP contribution is 2.38. The molecule has 0 radical (unpaired) electrons. The minimum atomic E-state index is 0.0925. The molecule has 0 bridgehead atoms. The predicted molar refractivity (Wildman–Crippen MR) is 85.9 cm³/mol. The molecule has 0 aliphatic carbocycles. The fourth-order valence-corrected chi connectivity index (χ4v) is 3.45. The molecule has 5 heteroatoms. The van der Waals surface area contributed by atoms with Crippen molar-refractivity contribution < 1.29 is 14.3 Å². The van der Waals surface area contributed by atoms with Crippen LogP contribution in [0.15, 0.2) is 36.5 Å². The van der Waals surface area contributed by atoms with E-state index in [2.05, 4.69) is 6.07 Å². The second kappa shape index (κ2) is 5.65. The SMILES string of the molecule is Cn1cccc1C(=O)N1CCCC1c1ccc2c(c1)OCCO2. The van der Waals surface area contributed by atoms with Crippen LogP contribution in [0.5, 0.6) is 11.5 Å². The van der Waals surface area contributed by atoms with Gasteiger partial charge in [-0.2, -0.15) is 0 Å². The smallest absolute Gasteiger partial charge is 0.270 e. The van der Waals surface area contributed by atoms with Crippen molar-refractivity contribution in [3.05, 3.63) is 47.8 Å². The van der Waals surface area contributed by atoms with Crippen LogP contribution in [0.2, 0.25) is 0 Å². The highest BCUT2D eigenvalue weighted by molar-refractivity contribution is 5.93. The Kier molecular flexibility index (Phi) is 3.48. The van der Waals surface area contributed by atoms with Crippen LogP contribution in [0.1, 0.15) is 34.9 Å². The third-order valence-corrected chi connectivity index (χ3v) is 4.63. The molecule has 1 aromatic heterocycles. The van der Waals surface area contributed by atoms with Gasteiger partial charge in [0.15, 0.2) is 11.5 Å². The summed E-state index contributed by atoms with van der Waals surface area (Å²) in [4.78, 5) is 14.8. The van der Waals surface area contributed by atoms with Gasteiger partial charge in [0, 0.05) is 19.8 Å². The molecule has 1 atom stereocenters. The lowest BCUT2D eigenvalue weighted by molar-refractivity contribution is 0.0725. The highest BCUT2D eigenvalue weighted by atomic mass is 16.6. The molecule has 2 aliphatic rings. The maximum absolute atomic E-state index is 12.9. The second-order valence-electron chi connectivity index (χ2n) is 6.06.